The highest BCUT2D eigenvalue weighted by molar-refractivity contribution is 6.00. The normalized spacial score (nSPS) is 21.9. The number of ether oxygens (including phenoxy) is 1. The van der Waals surface area contributed by atoms with Gasteiger partial charge in [0, 0.05) is 12.2 Å². The molecule has 2 aromatic rings. The molecule has 0 spiro atoms. The van der Waals surface area contributed by atoms with Gasteiger partial charge in [-0.05, 0) is 23.5 Å². The van der Waals surface area contributed by atoms with Crippen LogP contribution in [0, 0.1) is 5.92 Å². The molecule has 2 unspecified atom stereocenters. The SMILES string of the molecule is CC1CCOC1C(=O)c1ccc(-c2ccccc2)cc1. The van der Waals surface area contributed by atoms with Gasteiger partial charge < -0.3 is 4.74 Å². The number of benzene rings is 2. The minimum Gasteiger partial charge on any atom is -0.370 e. The molecule has 2 atom stereocenters. The Morgan fingerprint density at radius 1 is 1.00 bits per heavy atom. The second-order valence-electron chi connectivity index (χ2n) is 5.36. The number of rotatable bonds is 3. The quantitative estimate of drug-likeness (QED) is 0.786. The third kappa shape index (κ3) is 2.52. The van der Waals surface area contributed by atoms with Crippen LogP contribution in [0.1, 0.15) is 23.7 Å². The maximum atomic E-state index is 12.4. The fourth-order valence-corrected chi connectivity index (χ4v) is 2.65. The van der Waals surface area contributed by atoms with Crippen LogP contribution >= 0.6 is 0 Å². The lowest BCUT2D eigenvalue weighted by atomic mass is 9.95. The summed E-state index contributed by atoms with van der Waals surface area (Å²) in [4.78, 5) is 12.4. The van der Waals surface area contributed by atoms with Crippen LogP contribution in [0.15, 0.2) is 54.6 Å². The number of hydrogen-bond donors (Lipinski definition) is 0. The van der Waals surface area contributed by atoms with Crippen molar-refractivity contribution in [1.29, 1.82) is 0 Å². The van der Waals surface area contributed by atoms with Gasteiger partial charge in [0.15, 0.2) is 5.78 Å². The van der Waals surface area contributed by atoms with E-state index in [2.05, 4.69) is 19.1 Å². The summed E-state index contributed by atoms with van der Waals surface area (Å²) < 4.78 is 5.55. The molecule has 20 heavy (non-hydrogen) atoms. The second kappa shape index (κ2) is 5.59. The fraction of sp³-hybridized carbons (Fsp3) is 0.278. The summed E-state index contributed by atoms with van der Waals surface area (Å²) in [5.74, 6) is 0.422. The predicted molar refractivity (Wildman–Crippen MR) is 79.7 cm³/mol. The molecule has 1 fully saturated rings. The summed E-state index contributed by atoms with van der Waals surface area (Å²) in [6.07, 6.45) is 0.705. The molecule has 1 heterocycles. The van der Waals surface area contributed by atoms with Crippen molar-refractivity contribution >= 4 is 5.78 Å². The molecule has 0 amide bonds. The van der Waals surface area contributed by atoms with Gasteiger partial charge in [0.25, 0.3) is 0 Å². The molecule has 1 aliphatic heterocycles. The molecule has 2 heteroatoms. The van der Waals surface area contributed by atoms with Crippen molar-refractivity contribution in [2.24, 2.45) is 5.92 Å². The lowest BCUT2D eigenvalue weighted by Gasteiger charge is -2.13. The Morgan fingerprint density at radius 2 is 1.65 bits per heavy atom. The van der Waals surface area contributed by atoms with Crippen molar-refractivity contribution in [2.45, 2.75) is 19.4 Å². The van der Waals surface area contributed by atoms with E-state index >= 15 is 0 Å². The molecular weight excluding hydrogens is 248 g/mol. The first-order chi connectivity index (χ1) is 9.75. The van der Waals surface area contributed by atoms with E-state index in [9.17, 15) is 4.79 Å². The molecule has 2 aromatic carbocycles. The molecule has 0 N–H and O–H groups in total. The van der Waals surface area contributed by atoms with E-state index in [4.69, 9.17) is 4.74 Å². The Morgan fingerprint density at radius 3 is 2.25 bits per heavy atom. The molecule has 3 rings (SSSR count). The molecule has 0 aliphatic carbocycles. The Bertz CT molecular complexity index is 587. The standard InChI is InChI=1S/C18H18O2/c1-13-11-12-20-18(13)17(19)16-9-7-15(8-10-16)14-5-3-2-4-6-14/h2-10,13,18H,11-12H2,1H3. The first-order valence-electron chi connectivity index (χ1n) is 7.07. The van der Waals surface area contributed by atoms with Crippen LogP contribution in [0.5, 0.6) is 0 Å². The maximum Gasteiger partial charge on any atom is 0.191 e. The fourth-order valence-electron chi connectivity index (χ4n) is 2.65. The van der Waals surface area contributed by atoms with E-state index in [0.717, 1.165) is 23.1 Å². The number of carbonyl (C=O) groups is 1. The molecule has 1 saturated heterocycles. The molecule has 2 nitrogen and oxygen atoms in total. The predicted octanol–water partition coefficient (Wildman–Crippen LogP) is 3.96. The van der Waals surface area contributed by atoms with E-state index in [0.29, 0.717) is 12.5 Å². The summed E-state index contributed by atoms with van der Waals surface area (Å²) in [6.45, 7) is 2.77. The second-order valence-corrected chi connectivity index (χ2v) is 5.36. The van der Waals surface area contributed by atoms with Crippen molar-refractivity contribution in [3.63, 3.8) is 0 Å². The zero-order valence-corrected chi connectivity index (χ0v) is 11.6. The van der Waals surface area contributed by atoms with Gasteiger partial charge in [0.05, 0.1) is 0 Å². The van der Waals surface area contributed by atoms with Crippen molar-refractivity contribution in [3.05, 3.63) is 60.2 Å². The van der Waals surface area contributed by atoms with Gasteiger partial charge in [0.1, 0.15) is 6.10 Å². The first kappa shape index (κ1) is 13.1. The highest BCUT2D eigenvalue weighted by Gasteiger charge is 2.31. The van der Waals surface area contributed by atoms with Crippen LogP contribution in [0.3, 0.4) is 0 Å². The van der Waals surface area contributed by atoms with E-state index in [1.807, 2.05) is 42.5 Å². The lowest BCUT2D eigenvalue weighted by molar-refractivity contribution is 0.0579. The van der Waals surface area contributed by atoms with E-state index < -0.39 is 0 Å². The molecule has 102 valence electrons. The van der Waals surface area contributed by atoms with Gasteiger partial charge in [-0.3, -0.25) is 4.79 Å². The van der Waals surface area contributed by atoms with E-state index in [-0.39, 0.29) is 11.9 Å². The smallest absolute Gasteiger partial charge is 0.191 e. The highest BCUT2D eigenvalue weighted by atomic mass is 16.5. The average molecular weight is 266 g/mol. The van der Waals surface area contributed by atoms with Crippen molar-refractivity contribution < 1.29 is 9.53 Å². The van der Waals surface area contributed by atoms with Gasteiger partial charge >= 0.3 is 0 Å². The summed E-state index contributed by atoms with van der Waals surface area (Å²) in [6, 6.07) is 18.0. The van der Waals surface area contributed by atoms with Crippen molar-refractivity contribution in [3.8, 4) is 11.1 Å². The van der Waals surface area contributed by atoms with E-state index in [1.165, 1.54) is 0 Å². The van der Waals surface area contributed by atoms with Crippen LogP contribution in [0.4, 0.5) is 0 Å². The molecule has 0 aromatic heterocycles. The van der Waals surface area contributed by atoms with Crippen molar-refractivity contribution in [2.75, 3.05) is 6.61 Å². The first-order valence-corrected chi connectivity index (χ1v) is 7.07. The van der Waals surface area contributed by atoms with E-state index in [1.54, 1.807) is 0 Å². The van der Waals surface area contributed by atoms with Crippen molar-refractivity contribution in [1.82, 2.24) is 0 Å². The van der Waals surface area contributed by atoms with Crippen LogP contribution < -0.4 is 0 Å². The summed E-state index contributed by atoms with van der Waals surface area (Å²) in [7, 11) is 0. The van der Waals surface area contributed by atoms with Crippen LogP contribution in [-0.2, 0) is 4.74 Å². The number of ketones is 1. The Hall–Kier alpha value is -1.93. The summed E-state index contributed by atoms with van der Waals surface area (Å²) >= 11 is 0. The molecule has 0 radical (unpaired) electrons. The maximum absolute atomic E-state index is 12.4. The summed E-state index contributed by atoms with van der Waals surface area (Å²) in [5.41, 5.74) is 3.03. The number of Topliss-reactive ketones (excluding diaryl/α,β-unsaturated/α-hetero) is 1. The molecule has 0 saturated carbocycles. The van der Waals surface area contributed by atoms with Gasteiger partial charge in [-0.1, -0.05) is 61.5 Å². The lowest BCUT2D eigenvalue weighted by Crippen LogP contribution is -2.25. The van der Waals surface area contributed by atoms with Gasteiger partial charge in [-0.25, -0.2) is 0 Å². The Kier molecular flexibility index (Phi) is 3.66. The Labute approximate surface area is 119 Å². The monoisotopic (exact) mass is 266 g/mol. The number of carbonyl (C=O) groups excluding carboxylic acids is 1. The van der Waals surface area contributed by atoms with Gasteiger partial charge in [-0.2, -0.15) is 0 Å². The molecule has 0 bridgehead atoms. The third-order valence-electron chi connectivity index (χ3n) is 3.92. The zero-order valence-electron chi connectivity index (χ0n) is 11.6. The Balaban J connectivity index is 1.81. The molecule has 1 aliphatic rings. The minimum atomic E-state index is -0.266. The van der Waals surface area contributed by atoms with Crippen LogP contribution in [0.2, 0.25) is 0 Å². The molecular formula is C18H18O2. The largest absolute Gasteiger partial charge is 0.370 e. The summed E-state index contributed by atoms with van der Waals surface area (Å²) in [5, 5.41) is 0. The topological polar surface area (TPSA) is 26.3 Å². The van der Waals surface area contributed by atoms with Crippen LogP contribution in [-0.4, -0.2) is 18.5 Å². The minimum absolute atomic E-state index is 0.106. The van der Waals surface area contributed by atoms with Crippen LogP contribution in [0.25, 0.3) is 11.1 Å². The third-order valence-corrected chi connectivity index (χ3v) is 3.92. The van der Waals surface area contributed by atoms with Gasteiger partial charge in [0.2, 0.25) is 0 Å². The zero-order chi connectivity index (χ0) is 13.9. The number of hydrogen-bond acceptors (Lipinski definition) is 2. The average Bonchev–Trinajstić information content (AvgIpc) is 2.94. The van der Waals surface area contributed by atoms with Gasteiger partial charge in [-0.15, -0.1) is 0 Å². The highest BCUT2D eigenvalue weighted by Crippen LogP contribution is 2.25.